The minimum atomic E-state index is -0.0728. The second-order valence-electron chi connectivity index (χ2n) is 5.04. The molecule has 0 spiro atoms. The van der Waals surface area contributed by atoms with Crippen LogP contribution in [0.4, 0.5) is 0 Å². The fourth-order valence-electron chi connectivity index (χ4n) is 2.36. The molecule has 1 unspecified atom stereocenters. The van der Waals surface area contributed by atoms with Crippen LogP contribution in [0.1, 0.15) is 30.4 Å². The van der Waals surface area contributed by atoms with E-state index in [1.54, 1.807) is 0 Å². The fraction of sp³-hybridized carbons (Fsp3) is 0.278. The van der Waals surface area contributed by atoms with Gasteiger partial charge in [-0.3, -0.25) is 4.79 Å². The average molecular weight is 302 g/mol. The molecule has 1 atom stereocenters. The van der Waals surface area contributed by atoms with E-state index in [4.69, 9.17) is 11.6 Å². The van der Waals surface area contributed by atoms with Gasteiger partial charge < -0.3 is 5.32 Å². The monoisotopic (exact) mass is 301 g/mol. The van der Waals surface area contributed by atoms with Gasteiger partial charge in [0.05, 0.1) is 5.92 Å². The van der Waals surface area contributed by atoms with E-state index in [1.807, 2.05) is 61.5 Å². The topological polar surface area (TPSA) is 29.1 Å². The van der Waals surface area contributed by atoms with E-state index < -0.39 is 0 Å². The van der Waals surface area contributed by atoms with Crippen LogP contribution in [-0.4, -0.2) is 12.5 Å². The number of benzene rings is 2. The molecule has 1 N–H and O–H groups in total. The fourth-order valence-corrected chi connectivity index (χ4v) is 2.49. The van der Waals surface area contributed by atoms with Gasteiger partial charge >= 0.3 is 0 Å². The Morgan fingerprint density at radius 2 is 1.76 bits per heavy atom. The number of carbonyl (C=O) groups excluding carboxylic acids is 1. The van der Waals surface area contributed by atoms with Gasteiger partial charge in [0.15, 0.2) is 0 Å². The summed E-state index contributed by atoms with van der Waals surface area (Å²) in [5.41, 5.74) is 2.25. The van der Waals surface area contributed by atoms with Gasteiger partial charge in [-0.15, -0.1) is 0 Å². The third-order valence-corrected chi connectivity index (χ3v) is 3.80. The van der Waals surface area contributed by atoms with Crippen LogP contribution in [0, 0.1) is 0 Å². The van der Waals surface area contributed by atoms with E-state index in [2.05, 4.69) is 5.32 Å². The van der Waals surface area contributed by atoms with Crippen LogP contribution in [-0.2, 0) is 11.2 Å². The van der Waals surface area contributed by atoms with Crippen LogP contribution >= 0.6 is 11.6 Å². The summed E-state index contributed by atoms with van der Waals surface area (Å²) >= 11 is 5.85. The SMILES string of the molecule is CCC(C(=O)NCCc1ccc(Cl)cc1)c1ccccc1. The predicted octanol–water partition coefficient (Wildman–Crippen LogP) is 4.19. The number of nitrogens with one attached hydrogen (secondary N) is 1. The molecule has 1 amide bonds. The molecule has 0 heterocycles. The van der Waals surface area contributed by atoms with Crippen LogP contribution in [0.2, 0.25) is 5.02 Å². The standard InChI is InChI=1S/C18H20ClNO/c1-2-17(15-6-4-3-5-7-15)18(21)20-13-12-14-8-10-16(19)11-9-14/h3-11,17H,2,12-13H2,1H3,(H,20,21). The Labute approximate surface area is 131 Å². The van der Waals surface area contributed by atoms with E-state index >= 15 is 0 Å². The van der Waals surface area contributed by atoms with Crippen molar-refractivity contribution in [3.05, 3.63) is 70.7 Å². The van der Waals surface area contributed by atoms with Crippen molar-refractivity contribution in [2.75, 3.05) is 6.54 Å². The molecule has 0 aliphatic heterocycles. The molecule has 21 heavy (non-hydrogen) atoms. The molecule has 2 aromatic rings. The van der Waals surface area contributed by atoms with Crippen molar-refractivity contribution in [3.63, 3.8) is 0 Å². The molecule has 0 aromatic heterocycles. The Balaban J connectivity index is 1.87. The maximum absolute atomic E-state index is 12.3. The smallest absolute Gasteiger partial charge is 0.227 e. The Morgan fingerprint density at radius 3 is 2.38 bits per heavy atom. The van der Waals surface area contributed by atoms with Crippen molar-refractivity contribution in [1.82, 2.24) is 5.32 Å². The zero-order valence-electron chi connectivity index (χ0n) is 12.2. The number of carbonyl (C=O) groups is 1. The number of hydrogen-bond donors (Lipinski definition) is 1. The van der Waals surface area contributed by atoms with E-state index in [1.165, 1.54) is 5.56 Å². The van der Waals surface area contributed by atoms with Gasteiger partial charge in [0.25, 0.3) is 0 Å². The molecule has 0 saturated heterocycles. The lowest BCUT2D eigenvalue weighted by Gasteiger charge is -2.15. The summed E-state index contributed by atoms with van der Waals surface area (Å²) in [4.78, 5) is 12.3. The number of hydrogen-bond acceptors (Lipinski definition) is 1. The van der Waals surface area contributed by atoms with Crippen molar-refractivity contribution in [2.45, 2.75) is 25.7 Å². The summed E-state index contributed by atoms with van der Waals surface area (Å²) < 4.78 is 0. The largest absolute Gasteiger partial charge is 0.355 e. The lowest BCUT2D eigenvalue weighted by Crippen LogP contribution is -2.30. The van der Waals surface area contributed by atoms with E-state index in [-0.39, 0.29) is 11.8 Å². The molecule has 0 saturated carbocycles. The van der Waals surface area contributed by atoms with Crippen molar-refractivity contribution in [2.24, 2.45) is 0 Å². The second-order valence-corrected chi connectivity index (χ2v) is 5.48. The first-order valence-electron chi connectivity index (χ1n) is 7.27. The summed E-state index contributed by atoms with van der Waals surface area (Å²) in [7, 11) is 0. The van der Waals surface area contributed by atoms with E-state index in [0.717, 1.165) is 23.4 Å². The third kappa shape index (κ3) is 4.61. The third-order valence-electron chi connectivity index (χ3n) is 3.55. The molecule has 0 bridgehead atoms. The van der Waals surface area contributed by atoms with Crippen molar-refractivity contribution >= 4 is 17.5 Å². The minimum absolute atomic E-state index is 0.0728. The maximum Gasteiger partial charge on any atom is 0.227 e. The first-order valence-corrected chi connectivity index (χ1v) is 7.65. The predicted molar refractivity (Wildman–Crippen MR) is 87.6 cm³/mol. The number of rotatable bonds is 6. The average Bonchev–Trinajstić information content (AvgIpc) is 2.51. The first-order chi connectivity index (χ1) is 10.2. The highest BCUT2D eigenvalue weighted by Gasteiger charge is 2.17. The maximum atomic E-state index is 12.3. The van der Waals surface area contributed by atoms with Crippen LogP contribution in [0.15, 0.2) is 54.6 Å². The normalized spacial score (nSPS) is 11.9. The second kappa shape index (κ2) is 7.84. The van der Waals surface area contributed by atoms with Crippen molar-refractivity contribution in [3.8, 4) is 0 Å². The van der Waals surface area contributed by atoms with Gasteiger partial charge in [0, 0.05) is 11.6 Å². The summed E-state index contributed by atoms with van der Waals surface area (Å²) in [5, 5.41) is 3.76. The Morgan fingerprint density at radius 1 is 1.10 bits per heavy atom. The summed E-state index contributed by atoms with van der Waals surface area (Å²) in [6.07, 6.45) is 1.62. The number of halogens is 1. The highest BCUT2D eigenvalue weighted by Crippen LogP contribution is 2.19. The van der Waals surface area contributed by atoms with Gasteiger partial charge in [-0.05, 0) is 36.1 Å². The lowest BCUT2D eigenvalue weighted by atomic mass is 9.95. The van der Waals surface area contributed by atoms with Crippen LogP contribution in [0.25, 0.3) is 0 Å². The van der Waals surface area contributed by atoms with Gasteiger partial charge in [0.2, 0.25) is 5.91 Å². The molecule has 0 aliphatic carbocycles. The molecule has 0 fully saturated rings. The van der Waals surface area contributed by atoms with Crippen LogP contribution < -0.4 is 5.32 Å². The van der Waals surface area contributed by atoms with E-state index in [0.29, 0.717) is 6.54 Å². The minimum Gasteiger partial charge on any atom is -0.355 e. The van der Waals surface area contributed by atoms with Crippen LogP contribution in [0.5, 0.6) is 0 Å². The molecule has 2 aromatic carbocycles. The summed E-state index contributed by atoms with van der Waals surface area (Å²) in [5.74, 6) is 0.0223. The first kappa shape index (κ1) is 15.6. The molecule has 2 nitrogen and oxygen atoms in total. The summed E-state index contributed by atoms with van der Waals surface area (Å²) in [6.45, 7) is 2.68. The molecular weight excluding hydrogens is 282 g/mol. The van der Waals surface area contributed by atoms with Gasteiger partial charge in [-0.1, -0.05) is 61.0 Å². The Hall–Kier alpha value is -1.80. The zero-order chi connectivity index (χ0) is 15.1. The van der Waals surface area contributed by atoms with Gasteiger partial charge in [0.1, 0.15) is 0 Å². The molecule has 0 radical (unpaired) electrons. The quantitative estimate of drug-likeness (QED) is 0.851. The Bertz CT molecular complexity index is 566. The highest BCUT2D eigenvalue weighted by molar-refractivity contribution is 6.30. The molecule has 110 valence electrons. The van der Waals surface area contributed by atoms with Crippen molar-refractivity contribution in [1.29, 1.82) is 0 Å². The Kier molecular flexibility index (Phi) is 5.82. The molecular formula is C18H20ClNO. The molecule has 2 rings (SSSR count). The van der Waals surface area contributed by atoms with E-state index in [9.17, 15) is 4.79 Å². The molecule has 0 aliphatic rings. The highest BCUT2D eigenvalue weighted by atomic mass is 35.5. The summed E-state index contributed by atoms with van der Waals surface area (Å²) in [6, 6.07) is 17.6. The van der Waals surface area contributed by atoms with Gasteiger partial charge in [-0.2, -0.15) is 0 Å². The zero-order valence-corrected chi connectivity index (χ0v) is 12.9. The van der Waals surface area contributed by atoms with Crippen LogP contribution in [0.3, 0.4) is 0 Å². The van der Waals surface area contributed by atoms with Crippen molar-refractivity contribution < 1.29 is 4.79 Å². The van der Waals surface area contributed by atoms with Gasteiger partial charge in [-0.25, -0.2) is 0 Å². The lowest BCUT2D eigenvalue weighted by molar-refractivity contribution is -0.122. The number of amides is 1. The molecule has 3 heteroatoms.